The van der Waals surface area contributed by atoms with Gasteiger partial charge in [0, 0.05) is 5.70 Å². The monoisotopic (exact) mass is 420 g/mol. The summed E-state index contributed by atoms with van der Waals surface area (Å²) in [6.07, 6.45) is -0.992. The van der Waals surface area contributed by atoms with Gasteiger partial charge >= 0.3 is 5.97 Å². The van der Waals surface area contributed by atoms with Crippen LogP contribution in [0.4, 0.5) is 0 Å². The van der Waals surface area contributed by atoms with Crippen LogP contribution in [0.15, 0.2) is 41.4 Å². The summed E-state index contributed by atoms with van der Waals surface area (Å²) in [6, 6.07) is 8.01. The number of carboxylic acid groups (broad SMARTS) is 1. The van der Waals surface area contributed by atoms with Crippen molar-refractivity contribution in [2.75, 3.05) is 6.54 Å². The van der Waals surface area contributed by atoms with E-state index in [0.29, 0.717) is 6.42 Å². The lowest BCUT2D eigenvalue weighted by atomic mass is 10.0. The number of allylic oxidation sites excluding steroid dienone is 1. The van der Waals surface area contributed by atoms with Gasteiger partial charge in [-0.05, 0) is 29.7 Å². The average Bonchev–Trinajstić information content (AvgIpc) is 2.68. The van der Waals surface area contributed by atoms with Crippen LogP contribution in [-0.2, 0) is 20.8 Å². The topological polar surface area (TPSA) is 107 Å². The summed E-state index contributed by atoms with van der Waals surface area (Å²) in [5, 5.41) is 23.5. The third-order valence-electron chi connectivity index (χ3n) is 4.76. The van der Waals surface area contributed by atoms with E-state index in [0.717, 1.165) is 11.3 Å². The number of carbonyl (C=O) groups is 3. The maximum absolute atomic E-state index is 12.8. The van der Waals surface area contributed by atoms with Crippen LogP contribution in [0.25, 0.3) is 0 Å². The van der Waals surface area contributed by atoms with E-state index in [1.807, 2.05) is 32.2 Å². The molecular weight excluding hydrogens is 392 g/mol. The molecule has 0 bridgehead atoms. The van der Waals surface area contributed by atoms with Gasteiger partial charge in [-0.2, -0.15) is 0 Å². The number of amides is 2. The molecule has 1 heterocycles. The van der Waals surface area contributed by atoms with Gasteiger partial charge in [0.15, 0.2) is 6.10 Å². The van der Waals surface area contributed by atoms with Crippen LogP contribution in [0, 0.1) is 5.92 Å². The second-order valence-electron chi connectivity index (χ2n) is 7.33. The molecule has 1 aromatic carbocycles. The van der Waals surface area contributed by atoms with Crippen molar-refractivity contribution in [3.05, 3.63) is 47.0 Å². The highest BCUT2D eigenvalue weighted by Gasteiger charge is 2.34. The fourth-order valence-electron chi connectivity index (χ4n) is 3.14. The largest absolute Gasteiger partial charge is 0.479 e. The van der Waals surface area contributed by atoms with E-state index in [1.165, 1.54) is 16.7 Å². The zero-order valence-corrected chi connectivity index (χ0v) is 17.7. The van der Waals surface area contributed by atoms with Crippen LogP contribution in [-0.4, -0.2) is 56.8 Å². The summed E-state index contributed by atoms with van der Waals surface area (Å²) in [4.78, 5) is 38.3. The van der Waals surface area contributed by atoms with Crippen molar-refractivity contribution in [1.82, 2.24) is 10.2 Å². The number of aliphatic carboxylic acids is 1. The number of nitrogens with one attached hydrogen (secondary N) is 1. The zero-order valence-electron chi connectivity index (χ0n) is 16.9. The van der Waals surface area contributed by atoms with Crippen LogP contribution < -0.4 is 5.32 Å². The Morgan fingerprint density at radius 1 is 1.24 bits per heavy atom. The molecule has 0 spiro atoms. The Morgan fingerprint density at radius 3 is 2.45 bits per heavy atom. The summed E-state index contributed by atoms with van der Waals surface area (Å²) in [5.74, 6) is -1.93. The van der Waals surface area contributed by atoms with E-state index in [-0.39, 0.29) is 30.0 Å². The molecule has 1 aromatic rings. The van der Waals surface area contributed by atoms with Crippen molar-refractivity contribution in [1.29, 1.82) is 0 Å². The maximum Gasteiger partial charge on any atom is 0.334 e. The lowest BCUT2D eigenvalue weighted by Gasteiger charge is -2.34. The minimum Gasteiger partial charge on any atom is -0.479 e. The molecule has 0 aliphatic carbocycles. The highest BCUT2D eigenvalue weighted by molar-refractivity contribution is 8.03. The molecule has 2 rings (SSSR count). The lowest BCUT2D eigenvalue weighted by Crippen LogP contribution is -2.52. The standard InChI is InChI=1S/C21H28N2O5S/c1-4-15-12-29-19(13(2)3)20(26)23(15)11-17(24)22-16(18(25)21(27)28)10-14-8-6-5-7-9-14/h5-9,12-13,16,18-19,25H,4,10-11H2,1-3H3,(H,22,24)(H,27,28)/t16-,18?,19?/m0/s1. The van der Waals surface area contributed by atoms with Crippen molar-refractivity contribution >= 4 is 29.5 Å². The second-order valence-corrected chi connectivity index (χ2v) is 8.35. The average molecular weight is 421 g/mol. The van der Waals surface area contributed by atoms with Gasteiger partial charge in [0.25, 0.3) is 0 Å². The summed E-state index contributed by atoms with van der Waals surface area (Å²) in [7, 11) is 0. The van der Waals surface area contributed by atoms with E-state index in [4.69, 9.17) is 0 Å². The predicted octanol–water partition coefficient (Wildman–Crippen LogP) is 2.01. The molecule has 3 atom stereocenters. The molecule has 0 fully saturated rings. The third kappa shape index (κ3) is 6.08. The number of rotatable bonds is 9. The van der Waals surface area contributed by atoms with E-state index in [9.17, 15) is 24.6 Å². The van der Waals surface area contributed by atoms with Gasteiger partial charge in [-0.25, -0.2) is 4.79 Å². The number of aliphatic hydroxyl groups excluding tert-OH is 1. The van der Waals surface area contributed by atoms with Crippen molar-refractivity contribution in [2.45, 2.75) is 51.0 Å². The highest BCUT2D eigenvalue weighted by Crippen LogP contribution is 2.31. The number of carbonyl (C=O) groups excluding carboxylic acids is 2. The van der Waals surface area contributed by atoms with Crippen LogP contribution in [0.5, 0.6) is 0 Å². The molecule has 0 saturated heterocycles. The molecule has 0 saturated carbocycles. The van der Waals surface area contributed by atoms with E-state index >= 15 is 0 Å². The molecule has 0 aromatic heterocycles. The normalized spacial score (nSPS) is 18.9. The first kappa shape index (κ1) is 23.0. The molecular formula is C21H28N2O5S. The molecule has 158 valence electrons. The smallest absolute Gasteiger partial charge is 0.334 e. The number of hydrogen-bond acceptors (Lipinski definition) is 5. The van der Waals surface area contributed by atoms with E-state index in [1.54, 1.807) is 24.3 Å². The van der Waals surface area contributed by atoms with Gasteiger partial charge in [-0.1, -0.05) is 51.1 Å². The molecule has 0 radical (unpaired) electrons. The first-order valence-electron chi connectivity index (χ1n) is 9.64. The molecule has 2 unspecified atom stereocenters. The van der Waals surface area contributed by atoms with Gasteiger partial charge in [0.05, 0.1) is 11.3 Å². The molecule has 7 nitrogen and oxygen atoms in total. The van der Waals surface area contributed by atoms with Crippen molar-refractivity contribution in [3.63, 3.8) is 0 Å². The molecule has 2 amide bonds. The minimum absolute atomic E-state index is 0.118. The van der Waals surface area contributed by atoms with Crippen LogP contribution >= 0.6 is 11.8 Å². The van der Waals surface area contributed by atoms with Gasteiger partial charge in [-0.3, -0.25) is 9.59 Å². The summed E-state index contributed by atoms with van der Waals surface area (Å²) in [5.41, 5.74) is 1.54. The van der Waals surface area contributed by atoms with Crippen LogP contribution in [0.2, 0.25) is 0 Å². The lowest BCUT2D eigenvalue weighted by molar-refractivity contribution is -0.149. The van der Waals surface area contributed by atoms with Crippen LogP contribution in [0.1, 0.15) is 32.8 Å². The Bertz CT molecular complexity index is 766. The van der Waals surface area contributed by atoms with Crippen LogP contribution in [0.3, 0.4) is 0 Å². The predicted molar refractivity (Wildman–Crippen MR) is 112 cm³/mol. The third-order valence-corrected chi connectivity index (χ3v) is 6.20. The molecule has 3 N–H and O–H groups in total. The number of aliphatic hydroxyl groups is 1. The zero-order chi connectivity index (χ0) is 21.6. The maximum atomic E-state index is 12.8. The Kier molecular flexibility index (Phi) is 8.28. The number of nitrogens with zero attached hydrogens (tertiary/aromatic N) is 1. The van der Waals surface area contributed by atoms with Gasteiger partial charge < -0.3 is 20.4 Å². The number of benzene rings is 1. The fourth-order valence-corrected chi connectivity index (χ4v) is 4.30. The van der Waals surface area contributed by atoms with Crippen molar-refractivity contribution in [2.24, 2.45) is 5.92 Å². The second kappa shape index (κ2) is 10.5. The van der Waals surface area contributed by atoms with Gasteiger partial charge in [0.1, 0.15) is 6.54 Å². The summed E-state index contributed by atoms with van der Waals surface area (Å²) >= 11 is 1.46. The van der Waals surface area contributed by atoms with Gasteiger partial charge in [-0.15, -0.1) is 11.8 Å². The molecule has 1 aliphatic heterocycles. The first-order valence-corrected chi connectivity index (χ1v) is 10.6. The Morgan fingerprint density at radius 2 is 1.90 bits per heavy atom. The number of hydrogen-bond donors (Lipinski definition) is 3. The van der Waals surface area contributed by atoms with Crippen molar-refractivity contribution in [3.8, 4) is 0 Å². The first-order chi connectivity index (χ1) is 13.7. The molecule has 29 heavy (non-hydrogen) atoms. The number of carboxylic acids is 1. The van der Waals surface area contributed by atoms with Gasteiger partial charge in [0.2, 0.25) is 11.8 Å². The highest BCUT2D eigenvalue weighted by atomic mass is 32.2. The minimum atomic E-state index is -1.75. The molecule has 8 heteroatoms. The Balaban J connectivity index is 2.13. The summed E-state index contributed by atoms with van der Waals surface area (Å²) in [6.45, 7) is 5.61. The Labute approximate surface area is 175 Å². The SMILES string of the molecule is CCC1=CSC(C(C)C)C(=O)N1CC(=O)N[C@@H](Cc1ccccc1)C(O)C(=O)O. The van der Waals surface area contributed by atoms with E-state index < -0.39 is 24.0 Å². The number of thioether (sulfide) groups is 1. The van der Waals surface area contributed by atoms with Crippen molar-refractivity contribution < 1.29 is 24.6 Å². The Hall–Kier alpha value is -2.32. The fraction of sp³-hybridized carbons (Fsp3) is 0.476. The van der Waals surface area contributed by atoms with E-state index in [2.05, 4.69) is 5.32 Å². The summed E-state index contributed by atoms with van der Waals surface area (Å²) < 4.78 is 0. The quantitative estimate of drug-likeness (QED) is 0.564. The molecule has 1 aliphatic rings.